The summed E-state index contributed by atoms with van der Waals surface area (Å²) in [4.78, 5) is 14.1. The van der Waals surface area contributed by atoms with E-state index in [1.54, 1.807) is 6.26 Å². The van der Waals surface area contributed by atoms with Gasteiger partial charge in [0, 0.05) is 28.4 Å². The van der Waals surface area contributed by atoms with E-state index < -0.39 is 16.2 Å². The van der Waals surface area contributed by atoms with Gasteiger partial charge in [-0.1, -0.05) is 42.5 Å². The summed E-state index contributed by atoms with van der Waals surface area (Å²) in [5, 5.41) is 0. The normalized spacial score (nSPS) is 16.8. The number of fused-ring (bicyclic) bond motifs is 1. The number of Topliss-reactive ketones (excluding diaryl/α,β-unsaturated/α-hetero) is 1. The summed E-state index contributed by atoms with van der Waals surface area (Å²) in [6.07, 6.45) is 3.83. The lowest BCUT2D eigenvalue weighted by molar-refractivity contribution is -0.120. The van der Waals surface area contributed by atoms with E-state index in [4.69, 9.17) is 9.47 Å². The summed E-state index contributed by atoms with van der Waals surface area (Å²) < 4.78 is 22.5. The molecule has 1 fully saturated rings. The molecule has 1 unspecified atom stereocenters. The molecule has 0 spiro atoms. The fraction of sp³-hybridized carbons (Fsp3) is 0.240. The first-order valence-corrected chi connectivity index (χ1v) is 11.6. The zero-order chi connectivity index (χ0) is 20.7. The van der Waals surface area contributed by atoms with Crippen LogP contribution in [0.5, 0.6) is 11.5 Å². The SMILES string of the molecule is CS(=O)c1ccc(-c2cccc(CC(=O)C3(c4ccc5c(c4)OCO5)CC3)c2)cc1. The van der Waals surface area contributed by atoms with Gasteiger partial charge in [0.15, 0.2) is 11.5 Å². The third kappa shape index (κ3) is 3.43. The first kappa shape index (κ1) is 19.1. The Hall–Kier alpha value is -2.92. The molecule has 152 valence electrons. The van der Waals surface area contributed by atoms with Crippen molar-refractivity contribution in [3.8, 4) is 22.6 Å². The molecule has 5 rings (SSSR count). The Labute approximate surface area is 178 Å². The molecule has 1 atom stereocenters. The topological polar surface area (TPSA) is 52.6 Å². The van der Waals surface area contributed by atoms with Crippen LogP contribution in [-0.4, -0.2) is 23.0 Å². The summed E-state index contributed by atoms with van der Waals surface area (Å²) in [7, 11) is -0.989. The number of ketones is 1. The van der Waals surface area contributed by atoms with Gasteiger partial charge in [0.05, 0.1) is 5.41 Å². The van der Waals surface area contributed by atoms with Gasteiger partial charge >= 0.3 is 0 Å². The fourth-order valence-corrected chi connectivity index (χ4v) is 4.62. The van der Waals surface area contributed by atoms with Crippen LogP contribution >= 0.6 is 0 Å². The predicted molar refractivity (Wildman–Crippen MR) is 116 cm³/mol. The van der Waals surface area contributed by atoms with E-state index in [1.165, 1.54) is 0 Å². The molecule has 0 bridgehead atoms. The average Bonchev–Trinajstić information content (AvgIpc) is 3.45. The number of hydrogen-bond donors (Lipinski definition) is 0. The molecule has 3 aromatic carbocycles. The highest BCUT2D eigenvalue weighted by atomic mass is 32.2. The van der Waals surface area contributed by atoms with Crippen LogP contribution < -0.4 is 9.47 Å². The molecule has 5 heteroatoms. The average molecular weight is 419 g/mol. The summed E-state index contributed by atoms with van der Waals surface area (Å²) in [6.45, 7) is 0.238. The highest BCUT2D eigenvalue weighted by Crippen LogP contribution is 2.51. The Morgan fingerprint density at radius 3 is 2.43 bits per heavy atom. The van der Waals surface area contributed by atoms with Crippen LogP contribution in [0.1, 0.15) is 24.0 Å². The number of carbonyl (C=O) groups is 1. The minimum Gasteiger partial charge on any atom is -0.454 e. The Balaban J connectivity index is 1.36. The Morgan fingerprint density at radius 1 is 0.933 bits per heavy atom. The van der Waals surface area contributed by atoms with E-state index >= 15 is 0 Å². The molecule has 1 saturated carbocycles. The molecule has 3 aromatic rings. The van der Waals surface area contributed by atoms with Crippen molar-refractivity contribution in [3.05, 3.63) is 77.9 Å². The van der Waals surface area contributed by atoms with Crippen molar-refractivity contribution in [1.29, 1.82) is 0 Å². The summed E-state index contributed by atoms with van der Waals surface area (Å²) in [6, 6.07) is 21.7. The molecular formula is C25H22O4S. The standard InChI is InChI=1S/C25H22O4S/c1-30(27)21-8-5-18(6-9-21)19-4-2-3-17(13-19)14-24(26)25(11-12-25)20-7-10-22-23(15-20)29-16-28-22/h2-10,13,15H,11-12,14,16H2,1H3. The van der Waals surface area contributed by atoms with Crippen molar-refractivity contribution in [1.82, 2.24) is 0 Å². The highest BCUT2D eigenvalue weighted by Gasteiger charge is 2.50. The smallest absolute Gasteiger partial charge is 0.231 e. The third-order valence-corrected chi connectivity index (χ3v) is 6.96. The molecule has 1 heterocycles. The predicted octanol–water partition coefficient (Wildman–Crippen LogP) is 4.66. The van der Waals surface area contributed by atoms with Crippen molar-refractivity contribution < 1.29 is 18.5 Å². The minimum atomic E-state index is -0.989. The second kappa shape index (κ2) is 7.40. The van der Waals surface area contributed by atoms with Crippen LogP contribution in [0.15, 0.2) is 71.6 Å². The number of rotatable bonds is 6. The van der Waals surface area contributed by atoms with Crippen LogP contribution in [0, 0.1) is 0 Å². The lowest BCUT2D eigenvalue weighted by atomic mass is 9.87. The largest absolute Gasteiger partial charge is 0.454 e. The van der Waals surface area contributed by atoms with Gasteiger partial charge in [-0.15, -0.1) is 0 Å². The second-order valence-corrected chi connectivity index (χ2v) is 9.31. The van der Waals surface area contributed by atoms with Gasteiger partial charge in [-0.3, -0.25) is 9.00 Å². The van der Waals surface area contributed by atoms with E-state index in [-0.39, 0.29) is 12.6 Å². The summed E-state index contributed by atoms with van der Waals surface area (Å²) in [5.41, 5.74) is 3.74. The van der Waals surface area contributed by atoms with Gasteiger partial charge < -0.3 is 9.47 Å². The summed E-state index contributed by atoms with van der Waals surface area (Å²) in [5.74, 6) is 1.72. The van der Waals surface area contributed by atoms with Gasteiger partial charge in [-0.25, -0.2) is 0 Å². The monoisotopic (exact) mass is 418 g/mol. The van der Waals surface area contributed by atoms with E-state index in [9.17, 15) is 9.00 Å². The van der Waals surface area contributed by atoms with Crippen LogP contribution in [0.25, 0.3) is 11.1 Å². The quantitative estimate of drug-likeness (QED) is 0.584. The molecule has 0 saturated heterocycles. The lowest BCUT2D eigenvalue weighted by Gasteiger charge is -2.15. The molecule has 0 aromatic heterocycles. The van der Waals surface area contributed by atoms with Crippen molar-refractivity contribution in [2.45, 2.75) is 29.6 Å². The Kier molecular flexibility index (Phi) is 4.70. The van der Waals surface area contributed by atoms with E-state index in [0.29, 0.717) is 6.42 Å². The molecule has 30 heavy (non-hydrogen) atoms. The second-order valence-electron chi connectivity index (χ2n) is 7.93. The molecular weight excluding hydrogens is 396 g/mol. The lowest BCUT2D eigenvalue weighted by Crippen LogP contribution is -2.22. The molecule has 2 aliphatic rings. The van der Waals surface area contributed by atoms with Gasteiger partial charge in [-0.05, 0) is 59.4 Å². The van der Waals surface area contributed by atoms with E-state index in [1.807, 2.05) is 60.7 Å². The van der Waals surface area contributed by atoms with Gasteiger partial charge in [-0.2, -0.15) is 0 Å². The third-order valence-electron chi connectivity index (χ3n) is 6.02. The number of ether oxygens (including phenoxy) is 2. The molecule has 0 amide bonds. The molecule has 1 aliphatic heterocycles. The van der Waals surface area contributed by atoms with E-state index in [2.05, 4.69) is 6.07 Å². The van der Waals surface area contributed by atoms with E-state index in [0.717, 1.165) is 51.5 Å². The maximum absolute atomic E-state index is 13.3. The number of hydrogen-bond acceptors (Lipinski definition) is 4. The molecule has 0 N–H and O–H groups in total. The maximum Gasteiger partial charge on any atom is 0.231 e. The molecule has 4 nitrogen and oxygen atoms in total. The van der Waals surface area contributed by atoms with Crippen LogP contribution in [0.4, 0.5) is 0 Å². The van der Waals surface area contributed by atoms with Crippen molar-refractivity contribution in [3.63, 3.8) is 0 Å². The first-order chi connectivity index (χ1) is 14.5. The highest BCUT2D eigenvalue weighted by molar-refractivity contribution is 7.84. The van der Waals surface area contributed by atoms with Gasteiger partial charge in [0.25, 0.3) is 0 Å². The van der Waals surface area contributed by atoms with Crippen molar-refractivity contribution in [2.75, 3.05) is 13.0 Å². The van der Waals surface area contributed by atoms with Gasteiger partial charge in [0.1, 0.15) is 5.78 Å². The Morgan fingerprint density at radius 2 is 1.70 bits per heavy atom. The zero-order valence-corrected chi connectivity index (χ0v) is 17.5. The molecule has 0 radical (unpaired) electrons. The van der Waals surface area contributed by atoms with Crippen molar-refractivity contribution in [2.24, 2.45) is 0 Å². The summed E-state index contributed by atoms with van der Waals surface area (Å²) >= 11 is 0. The zero-order valence-electron chi connectivity index (χ0n) is 16.7. The van der Waals surface area contributed by atoms with Crippen LogP contribution in [0.2, 0.25) is 0 Å². The number of benzene rings is 3. The molecule has 1 aliphatic carbocycles. The van der Waals surface area contributed by atoms with Crippen molar-refractivity contribution >= 4 is 16.6 Å². The first-order valence-electron chi connectivity index (χ1n) is 10.0. The van der Waals surface area contributed by atoms with Crippen LogP contribution in [0.3, 0.4) is 0 Å². The minimum absolute atomic E-state index is 0.238. The number of carbonyl (C=O) groups excluding carboxylic acids is 1. The maximum atomic E-state index is 13.3. The van der Waals surface area contributed by atoms with Gasteiger partial charge in [0.2, 0.25) is 6.79 Å². The Bertz CT molecular complexity index is 1150. The van der Waals surface area contributed by atoms with Crippen LogP contribution in [-0.2, 0) is 27.4 Å². The fourth-order valence-electron chi connectivity index (χ4n) is 4.10.